The molecule has 0 fully saturated rings. The molecule has 0 bridgehead atoms. The van der Waals surface area contributed by atoms with Gasteiger partial charge in [-0.15, -0.1) is 0 Å². The maximum atomic E-state index is 13.4. The number of allylic oxidation sites excluding steroid dienone is 2. The van der Waals surface area contributed by atoms with Crippen molar-refractivity contribution < 1.29 is 9.53 Å². The van der Waals surface area contributed by atoms with Crippen molar-refractivity contribution >= 4 is 19.4 Å². The van der Waals surface area contributed by atoms with Gasteiger partial charge in [-0.05, 0) is 54.0 Å². The summed E-state index contributed by atoms with van der Waals surface area (Å²) in [4.78, 5) is 17.7. The summed E-state index contributed by atoms with van der Waals surface area (Å²) in [5.74, 6) is 0.233. The minimum absolute atomic E-state index is 0.0908. The first-order valence-corrected chi connectivity index (χ1v) is 16.3. The number of ether oxygens (including phenoxy) is 1. The summed E-state index contributed by atoms with van der Waals surface area (Å²) >= 11 is 0. The first-order chi connectivity index (χ1) is 16.8. The minimum Gasteiger partial charge on any atom is -0.361 e. The van der Waals surface area contributed by atoms with Crippen molar-refractivity contribution in [1.82, 2.24) is 9.55 Å². The van der Waals surface area contributed by atoms with E-state index in [4.69, 9.17) is 16.2 Å². The van der Waals surface area contributed by atoms with Gasteiger partial charge in [0.25, 0.3) is 0 Å². The van der Waals surface area contributed by atoms with E-state index in [0.29, 0.717) is 19.7 Å². The lowest BCUT2D eigenvalue weighted by atomic mass is 9.86. The second-order valence-electron chi connectivity index (χ2n) is 10.5. The lowest BCUT2D eigenvalue weighted by molar-refractivity contribution is 0.0799. The summed E-state index contributed by atoms with van der Waals surface area (Å²) in [5.41, 5.74) is 16.6. The smallest absolute Gasteiger partial charge is 0.202 e. The summed E-state index contributed by atoms with van der Waals surface area (Å²) in [5, 5.41) is 9.37. The van der Waals surface area contributed by atoms with E-state index in [2.05, 4.69) is 42.8 Å². The number of nitriles is 1. The Balaban J connectivity index is 1.85. The predicted octanol–water partition coefficient (Wildman–Crippen LogP) is 4.45. The van der Waals surface area contributed by atoms with Crippen molar-refractivity contribution in [2.45, 2.75) is 70.4 Å². The zero-order valence-electron chi connectivity index (χ0n) is 21.3. The molecule has 1 heterocycles. The van der Waals surface area contributed by atoms with Crippen LogP contribution in [0.2, 0.25) is 25.7 Å². The fraction of sp³-hybridized carbons (Fsp3) is 0.519. The van der Waals surface area contributed by atoms with Gasteiger partial charge in [-0.3, -0.25) is 4.79 Å². The van der Waals surface area contributed by atoms with Gasteiger partial charge in [0.1, 0.15) is 12.8 Å². The molecule has 1 aliphatic rings. The van der Waals surface area contributed by atoms with Gasteiger partial charge in [-0.1, -0.05) is 43.9 Å². The average Bonchev–Trinajstić information content (AvgIpc) is 3.27. The lowest BCUT2D eigenvalue weighted by Gasteiger charge is -2.20. The van der Waals surface area contributed by atoms with E-state index >= 15 is 0 Å². The number of nitrogens with zero attached hydrogens (tertiary/aromatic N) is 3. The number of ketones is 1. The van der Waals surface area contributed by atoms with E-state index in [0.717, 1.165) is 42.0 Å². The number of carbonyl (C=O) groups is 1. The Bertz CT molecular complexity index is 1090. The lowest BCUT2D eigenvalue weighted by Crippen LogP contribution is -2.22. The molecule has 35 heavy (non-hydrogen) atoms. The fourth-order valence-corrected chi connectivity index (χ4v) is 5.09. The Hall–Kier alpha value is -2.57. The van der Waals surface area contributed by atoms with Crippen LogP contribution >= 0.6 is 0 Å². The normalized spacial score (nSPS) is 14.1. The van der Waals surface area contributed by atoms with Crippen molar-refractivity contribution in [2.75, 3.05) is 19.7 Å². The molecule has 0 saturated carbocycles. The molecule has 188 valence electrons. The molecule has 0 radical (unpaired) electrons. The molecule has 4 N–H and O–H groups in total. The number of nitrogens with two attached hydrogens (primary N) is 2. The number of imidazole rings is 1. The summed E-state index contributed by atoms with van der Waals surface area (Å²) < 4.78 is 7.51. The molecule has 7 nitrogen and oxygen atoms in total. The van der Waals surface area contributed by atoms with Crippen LogP contribution in [0, 0.1) is 11.3 Å². The Kier molecular flexibility index (Phi) is 9.58. The fourth-order valence-electron chi connectivity index (χ4n) is 4.34. The molecular formula is C27H39N5O2Si. The number of Topliss-reactive ketones (excluding diaryl/α,β-unsaturated/α-hetero) is 1. The van der Waals surface area contributed by atoms with Crippen LogP contribution in [0.3, 0.4) is 0 Å². The van der Waals surface area contributed by atoms with Crippen LogP contribution in [-0.2, 0) is 17.9 Å². The van der Waals surface area contributed by atoms with Gasteiger partial charge in [-0.2, -0.15) is 5.26 Å². The van der Waals surface area contributed by atoms with Crippen LogP contribution in [0.15, 0.2) is 30.5 Å². The van der Waals surface area contributed by atoms with Crippen molar-refractivity contribution in [1.29, 1.82) is 5.26 Å². The topological polar surface area (TPSA) is 120 Å². The molecule has 8 heteroatoms. The van der Waals surface area contributed by atoms with Crippen molar-refractivity contribution in [3.8, 4) is 6.07 Å². The first-order valence-electron chi connectivity index (χ1n) is 12.6. The zero-order chi connectivity index (χ0) is 25.4. The Morgan fingerprint density at radius 1 is 1.26 bits per heavy atom. The number of rotatable bonds is 12. The number of aromatic nitrogens is 2. The van der Waals surface area contributed by atoms with Gasteiger partial charge in [-0.25, -0.2) is 4.98 Å². The Morgan fingerprint density at radius 2 is 2.03 bits per heavy atom. The maximum absolute atomic E-state index is 13.4. The number of carbonyl (C=O) groups excluding carboxylic acids is 1. The molecule has 3 rings (SSSR count). The average molecular weight is 494 g/mol. The van der Waals surface area contributed by atoms with Gasteiger partial charge in [0.15, 0.2) is 11.5 Å². The third-order valence-electron chi connectivity index (χ3n) is 6.53. The van der Waals surface area contributed by atoms with Crippen LogP contribution in [0.5, 0.6) is 0 Å². The molecule has 0 aliphatic heterocycles. The van der Waals surface area contributed by atoms with E-state index in [9.17, 15) is 10.1 Å². The number of hydrogen-bond donors (Lipinski definition) is 2. The second-order valence-corrected chi connectivity index (χ2v) is 16.2. The molecule has 1 aromatic carbocycles. The van der Waals surface area contributed by atoms with Crippen molar-refractivity contribution in [2.24, 2.45) is 11.5 Å². The highest BCUT2D eigenvalue weighted by Gasteiger charge is 2.21. The monoisotopic (exact) mass is 493 g/mol. The predicted molar refractivity (Wildman–Crippen MR) is 143 cm³/mol. The molecule has 1 aliphatic carbocycles. The number of hydrogen-bond acceptors (Lipinski definition) is 6. The molecule has 0 unspecified atom stereocenters. The van der Waals surface area contributed by atoms with Crippen LogP contribution < -0.4 is 11.5 Å². The molecular weight excluding hydrogens is 454 g/mol. The molecule has 0 atom stereocenters. The van der Waals surface area contributed by atoms with Crippen LogP contribution in [0.25, 0.3) is 5.57 Å². The van der Waals surface area contributed by atoms with Gasteiger partial charge in [0.2, 0.25) is 5.78 Å². The molecule has 1 aromatic heterocycles. The van der Waals surface area contributed by atoms with E-state index in [1.165, 1.54) is 12.0 Å². The minimum atomic E-state index is -1.22. The van der Waals surface area contributed by atoms with Crippen LogP contribution in [0.4, 0.5) is 0 Å². The summed E-state index contributed by atoms with van der Waals surface area (Å²) in [6.45, 7) is 8.70. The summed E-state index contributed by atoms with van der Waals surface area (Å²) in [7, 11) is -1.22. The molecule has 2 aromatic rings. The van der Waals surface area contributed by atoms with E-state index in [-0.39, 0.29) is 36.4 Å². The molecule has 0 amide bonds. The third kappa shape index (κ3) is 7.45. The Labute approximate surface area is 210 Å². The third-order valence-corrected chi connectivity index (χ3v) is 8.23. The van der Waals surface area contributed by atoms with Crippen molar-refractivity contribution in [3.05, 3.63) is 58.7 Å². The first kappa shape index (κ1) is 27.0. The van der Waals surface area contributed by atoms with Crippen LogP contribution in [-0.4, -0.2) is 43.1 Å². The van der Waals surface area contributed by atoms with Gasteiger partial charge in [0.05, 0.1) is 0 Å². The SMILES string of the molecule is C[Si](C)(C)CCOCn1cc(C#N)nc1C(=O)Cc1ccc(C(CN)CN)cc1C1=CCCCC1. The standard InChI is InChI=1S/C27H39N5O2Si/c1-35(2,3)12-11-34-19-32-18-24(17-30)31-27(32)26(33)14-22-10-9-21(23(15-28)16-29)13-25(22)20-7-5-4-6-8-20/h7,9-10,13,18,23H,4-6,8,11-12,14-16,19,28-29H2,1-3H3. The molecule has 0 saturated heterocycles. The summed E-state index contributed by atoms with van der Waals surface area (Å²) in [6, 6.07) is 9.31. The maximum Gasteiger partial charge on any atom is 0.202 e. The van der Waals surface area contributed by atoms with E-state index in [1.54, 1.807) is 10.8 Å². The highest BCUT2D eigenvalue weighted by Crippen LogP contribution is 2.32. The van der Waals surface area contributed by atoms with E-state index in [1.807, 2.05) is 12.1 Å². The van der Waals surface area contributed by atoms with Crippen LogP contribution in [0.1, 0.15) is 64.6 Å². The van der Waals surface area contributed by atoms with Gasteiger partial charge >= 0.3 is 0 Å². The second kappa shape index (κ2) is 12.4. The largest absolute Gasteiger partial charge is 0.361 e. The quantitative estimate of drug-likeness (QED) is 0.256. The molecule has 0 spiro atoms. The highest BCUT2D eigenvalue weighted by atomic mass is 28.3. The number of benzene rings is 1. The van der Waals surface area contributed by atoms with Gasteiger partial charge < -0.3 is 20.8 Å². The highest BCUT2D eigenvalue weighted by molar-refractivity contribution is 6.76. The summed E-state index contributed by atoms with van der Waals surface area (Å²) in [6.07, 6.45) is 8.48. The zero-order valence-corrected chi connectivity index (χ0v) is 22.3. The Morgan fingerprint density at radius 3 is 2.66 bits per heavy atom. The van der Waals surface area contributed by atoms with Crippen molar-refractivity contribution in [3.63, 3.8) is 0 Å². The van der Waals surface area contributed by atoms with Gasteiger partial charge in [0, 0.05) is 46.3 Å². The van der Waals surface area contributed by atoms with E-state index < -0.39 is 8.07 Å².